The molecule has 0 aliphatic heterocycles. The molecule has 0 fully saturated rings. The third kappa shape index (κ3) is 3.57. The molecule has 0 radical (unpaired) electrons. The van der Waals surface area contributed by atoms with Crippen LogP contribution in [0.25, 0.3) is 0 Å². The molecule has 0 aromatic carbocycles. The van der Waals surface area contributed by atoms with E-state index in [4.69, 9.17) is 17.3 Å². The van der Waals surface area contributed by atoms with E-state index >= 15 is 0 Å². The van der Waals surface area contributed by atoms with Crippen LogP contribution >= 0.6 is 22.9 Å². The summed E-state index contributed by atoms with van der Waals surface area (Å²) in [6.07, 6.45) is 1.21. The van der Waals surface area contributed by atoms with Gasteiger partial charge in [-0.15, -0.1) is 11.3 Å². The Hall–Kier alpha value is -0.100. The zero-order valence-electron chi connectivity index (χ0n) is 7.73. The molecule has 6 heteroatoms. The Kier molecular flexibility index (Phi) is 3.94. The Bertz CT molecular complexity index is 399. The highest BCUT2D eigenvalue weighted by Gasteiger charge is 2.17. The molecule has 1 aromatic rings. The highest BCUT2D eigenvalue weighted by molar-refractivity contribution is 7.90. The first kappa shape index (κ1) is 12.0. The van der Waals surface area contributed by atoms with Gasteiger partial charge in [0.2, 0.25) is 0 Å². The van der Waals surface area contributed by atoms with Crippen molar-refractivity contribution in [3.8, 4) is 0 Å². The van der Waals surface area contributed by atoms with Crippen LogP contribution in [0.2, 0.25) is 4.34 Å². The van der Waals surface area contributed by atoms with Gasteiger partial charge in [0.1, 0.15) is 9.84 Å². The summed E-state index contributed by atoms with van der Waals surface area (Å²) in [6, 6.07) is 3.59. The first-order valence-corrected chi connectivity index (χ1v) is 7.31. The van der Waals surface area contributed by atoms with Crippen molar-refractivity contribution in [2.75, 3.05) is 18.6 Å². The van der Waals surface area contributed by atoms with Crippen molar-refractivity contribution in [3.05, 3.63) is 21.3 Å². The predicted molar refractivity (Wildman–Crippen MR) is 60.8 cm³/mol. The standard InChI is InChI=1S/C8H12ClNO2S2/c1-14(11,12)5-6(4-10)7-2-3-8(9)13-7/h2-3,6H,4-5,10H2,1H3. The molecule has 0 aliphatic carbocycles. The molecule has 1 heterocycles. The van der Waals surface area contributed by atoms with E-state index in [0.717, 1.165) is 4.88 Å². The minimum absolute atomic E-state index is 0.0837. The lowest BCUT2D eigenvalue weighted by Crippen LogP contribution is -2.20. The number of sulfone groups is 1. The van der Waals surface area contributed by atoms with E-state index in [-0.39, 0.29) is 11.7 Å². The number of rotatable bonds is 4. The maximum Gasteiger partial charge on any atom is 0.148 e. The minimum atomic E-state index is -2.99. The van der Waals surface area contributed by atoms with Crippen molar-refractivity contribution in [3.63, 3.8) is 0 Å². The third-order valence-electron chi connectivity index (χ3n) is 1.78. The van der Waals surface area contributed by atoms with Gasteiger partial charge >= 0.3 is 0 Å². The molecule has 0 amide bonds. The van der Waals surface area contributed by atoms with Crippen molar-refractivity contribution >= 4 is 32.8 Å². The molecule has 80 valence electrons. The summed E-state index contributed by atoms with van der Waals surface area (Å²) in [5.74, 6) is -0.0529. The zero-order chi connectivity index (χ0) is 10.8. The van der Waals surface area contributed by atoms with Crippen molar-refractivity contribution in [2.45, 2.75) is 5.92 Å². The molecule has 0 bridgehead atoms. The van der Waals surface area contributed by atoms with Gasteiger partial charge in [-0.05, 0) is 12.1 Å². The molecule has 1 rings (SSSR count). The molecule has 1 unspecified atom stereocenters. The van der Waals surface area contributed by atoms with Gasteiger partial charge in [0.15, 0.2) is 0 Å². The molecule has 1 atom stereocenters. The molecular weight excluding hydrogens is 242 g/mol. The number of thiophene rings is 1. The molecule has 14 heavy (non-hydrogen) atoms. The van der Waals surface area contributed by atoms with E-state index in [9.17, 15) is 8.42 Å². The second-order valence-electron chi connectivity index (χ2n) is 3.17. The molecular formula is C8H12ClNO2S2. The smallest absolute Gasteiger partial charge is 0.148 e. The molecule has 0 aliphatic rings. The fraction of sp³-hybridized carbons (Fsp3) is 0.500. The fourth-order valence-corrected chi connectivity index (χ4v) is 3.51. The van der Waals surface area contributed by atoms with Crippen LogP contribution in [0.1, 0.15) is 10.8 Å². The maximum absolute atomic E-state index is 11.1. The SMILES string of the molecule is CS(=O)(=O)CC(CN)c1ccc(Cl)s1. The quantitative estimate of drug-likeness (QED) is 0.885. The minimum Gasteiger partial charge on any atom is -0.330 e. The molecule has 0 saturated heterocycles. The maximum atomic E-state index is 11.1. The van der Waals surface area contributed by atoms with E-state index < -0.39 is 9.84 Å². The summed E-state index contributed by atoms with van der Waals surface area (Å²) in [5, 5.41) is 0. The number of hydrogen-bond acceptors (Lipinski definition) is 4. The topological polar surface area (TPSA) is 60.2 Å². The molecule has 0 saturated carbocycles. The van der Waals surface area contributed by atoms with Crippen LogP contribution in [0.4, 0.5) is 0 Å². The summed E-state index contributed by atoms with van der Waals surface area (Å²) in [6.45, 7) is 0.323. The highest BCUT2D eigenvalue weighted by atomic mass is 35.5. The fourth-order valence-electron chi connectivity index (χ4n) is 1.18. The second kappa shape index (κ2) is 4.61. The second-order valence-corrected chi connectivity index (χ2v) is 7.10. The summed E-state index contributed by atoms with van der Waals surface area (Å²) in [4.78, 5) is 0.933. The van der Waals surface area contributed by atoms with Gasteiger partial charge in [-0.1, -0.05) is 11.6 Å². The summed E-state index contributed by atoms with van der Waals surface area (Å²) in [5.41, 5.74) is 5.52. The Labute approximate surface area is 92.8 Å². The van der Waals surface area contributed by atoms with E-state index in [1.807, 2.05) is 6.07 Å². The van der Waals surface area contributed by atoms with E-state index in [1.165, 1.54) is 17.6 Å². The average Bonchev–Trinajstić information content (AvgIpc) is 2.46. The lowest BCUT2D eigenvalue weighted by Gasteiger charge is -2.10. The van der Waals surface area contributed by atoms with Crippen LogP contribution in [0.3, 0.4) is 0 Å². The monoisotopic (exact) mass is 253 g/mol. The Morgan fingerprint density at radius 1 is 1.57 bits per heavy atom. The Morgan fingerprint density at radius 3 is 2.57 bits per heavy atom. The van der Waals surface area contributed by atoms with Gasteiger partial charge in [0, 0.05) is 23.6 Å². The highest BCUT2D eigenvalue weighted by Crippen LogP contribution is 2.28. The average molecular weight is 254 g/mol. The summed E-state index contributed by atoms with van der Waals surface area (Å²) < 4.78 is 22.9. The van der Waals surface area contributed by atoms with Gasteiger partial charge < -0.3 is 5.73 Å². The number of nitrogens with two attached hydrogens (primary N) is 1. The van der Waals surface area contributed by atoms with Crippen LogP contribution in [0, 0.1) is 0 Å². The molecule has 1 aromatic heterocycles. The van der Waals surface area contributed by atoms with E-state index in [0.29, 0.717) is 10.9 Å². The lowest BCUT2D eigenvalue weighted by atomic mass is 10.1. The van der Waals surface area contributed by atoms with E-state index in [2.05, 4.69) is 0 Å². The largest absolute Gasteiger partial charge is 0.330 e. The van der Waals surface area contributed by atoms with Crippen molar-refractivity contribution < 1.29 is 8.42 Å². The van der Waals surface area contributed by atoms with Gasteiger partial charge in [-0.25, -0.2) is 8.42 Å². The van der Waals surface area contributed by atoms with Gasteiger partial charge in [-0.2, -0.15) is 0 Å². The van der Waals surface area contributed by atoms with E-state index in [1.54, 1.807) is 6.07 Å². The van der Waals surface area contributed by atoms with Crippen LogP contribution < -0.4 is 5.73 Å². The first-order valence-electron chi connectivity index (χ1n) is 4.05. The van der Waals surface area contributed by atoms with Crippen molar-refractivity contribution in [1.29, 1.82) is 0 Å². The normalized spacial score (nSPS) is 14.2. The number of halogens is 1. The summed E-state index contributed by atoms with van der Waals surface area (Å²) in [7, 11) is -2.99. The van der Waals surface area contributed by atoms with Crippen LogP contribution in [-0.4, -0.2) is 27.0 Å². The first-order chi connectivity index (χ1) is 6.42. The van der Waals surface area contributed by atoms with Gasteiger partial charge in [-0.3, -0.25) is 0 Å². The zero-order valence-corrected chi connectivity index (χ0v) is 10.1. The Morgan fingerprint density at radius 2 is 2.21 bits per heavy atom. The lowest BCUT2D eigenvalue weighted by molar-refractivity contribution is 0.594. The van der Waals surface area contributed by atoms with Crippen LogP contribution in [-0.2, 0) is 9.84 Å². The Balaban J connectivity index is 2.83. The molecule has 2 N–H and O–H groups in total. The predicted octanol–water partition coefficient (Wildman–Crippen LogP) is 1.49. The van der Waals surface area contributed by atoms with Crippen LogP contribution in [0.5, 0.6) is 0 Å². The molecule has 3 nitrogen and oxygen atoms in total. The molecule has 0 spiro atoms. The van der Waals surface area contributed by atoms with Crippen LogP contribution in [0.15, 0.2) is 12.1 Å². The van der Waals surface area contributed by atoms with Crippen molar-refractivity contribution in [2.24, 2.45) is 5.73 Å². The van der Waals surface area contributed by atoms with Gasteiger partial charge in [0.05, 0.1) is 10.1 Å². The van der Waals surface area contributed by atoms with Gasteiger partial charge in [0.25, 0.3) is 0 Å². The number of hydrogen-bond donors (Lipinski definition) is 1. The third-order valence-corrected chi connectivity index (χ3v) is 4.19. The van der Waals surface area contributed by atoms with Crippen molar-refractivity contribution in [1.82, 2.24) is 0 Å². The summed E-state index contributed by atoms with van der Waals surface area (Å²) >= 11 is 7.14.